The molecule has 0 fully saturated rings. The van der Waals surface area contributed by atoms with Crippen molar-refractivity contribution in [2.24, 2.45) is 0 Å². The smallest absolute Gasteiger partial charge is 0.328 e. The molecule has 148 valence electrons. The van der Waals surface area contributed by atoms with Gasteiger partial charge in [0, 0.05) is 30.9 Å². The van der Waals surface area contributed by atoms with Gasteiger partial charge in [-0.1, -0.05) is 6.07 Å². The van der Waals surface area contributed by atoms with Crippen LogP contribution < -0.4 is 10.2 Å². The fraction of sp³-hybridized carbons (Fsp3) is 0.500. The van der Waals surface area contributed by atoms with Gasteiger partial charge in [-0.05, 0) is 68.0 Å². The second kappa shape index (κ2) is 10.1. The van der Waals surface area contributed by atoms with E-state index in [0.717, 1.165) is 39.0 Å². The summed E-state index contributed by atoms with van der Waals surface area (Å²) in [5.74, 6) is -2.51. The normalized spacial score (nSPS) is 16.0. The van der Waals surface area contributed by atoms with Crippen molar-refractivity contribution in [1.29, 1.82) is 0 Å². The SMILES string of the molecule is Cc1c2c(cc3c1N(CCO)CCC3)CCNCC2.O=C(O)/C=C/C(=O)O. The Labute approximate surface area is 159 Å². The predicted octanol–water partition coefficient (Wildman–Crippen LogP) is 1.14. The summed E-state index contributed by atoms with van der Waals surface area (Å²) >= 11 is 0. The lowest BCUT2D eigenvalue weighted by Gasteiger charge is -2.34. The van der Waals surface area contributed by atoms with Crippen molar-refractivity contribution >= 4 is 17.6 Å². The molecule has 1 aromatic rings. The molecule has 2 heterocycles. The van der Waals surface area contributed by atoms with Crippen LogP contribution in [-0.2, 0) is 28.9 Å². The molecule has 2 aliphatic heterocycles. The number of aliphatic hydroxyl groups is 1. The molecule has 0 atom stereocenters. The van der Waals surface area contributed by atoms with Crippen molar-refractivity contribution in [3.8, 4) is 0 Å². The third-order valence-electron chi connectivity index (χ3n) is 4.90. The van der Waals surface area contributed by atoms with Crippen LogP contribution in [0.15, 0.2) is 18.2 Å². The van der Waals surface area contributed by atoms with Crippen molar-refractivity contribution in [2.45, 2.75) is 32.6 Å². The van der Waals surface area contributed by atoms with Crippen molar-refractivity contribution in [1.82, 2.24) is 5.32 Å². The van der Waals surface area contributed by atoms with E-state index in [-0.39, 0.29) is 6.61 Å². The number of nitrogens with one attached hydrogen (secondary N) is 1. The molecule has 3 rings (SSSR count). The Morgan fingerprint density at radius 2 is 1.78 bits per heavy atom. The number of carbonyl (C=O) groups is 2. The van der Waals surface area contributed by atoms with E-state index in [1.165, 1.54) is 29.7 Å². The molecule has 0 amide bonds. The van der Waals surface area contributed by atoms with Crippen LogP contribution in [0.2, 0.25) is 0 Å². The van der Waals surface area contributed by atoms with Gasteiger partial charge in [0.05, 0.1) is 6.61 Å². The molecular weight excluding hydrogens is 348 g/mol. The molecule has 1 aromatic carbocycles. The van der Waals surface area contributed by atoms with E-state index in [1.807, 2.05) is 0 Å². The van der Waals surface area contributed by atoms with Gasteiger partial charge in [0.2, 0.25) is 0 Å². The zero-order valence-electron chi connectivity index (χ0n) is 15.7. The van der Waals surface area contributed by atoms with Crippen LogP contribution >= 0.6 is 0 Å². The van der Waals surface area contributed by atoms with Crippen LogP contribution in [0.5, 0.6) is 0 Å². The average molecular weight is 376 g/mol. The number of hydrogen-bond acceptors (Lipinski definition) is 5. The number of β-amino-alcohol motifs (C(OH)–C–C–N with tert-alkyl or cyclic N) is 1. The molecule has 0 spiro atoms. The number of anilines is 1. The van der Waals surface area contributed by atoms with Gasteiger partial charge in [-0.15, -0.1) is 0 Å². The number of aliphatic carboxylic acids is 2. The van der Waals surface area contributed by atoms with E-state index in [2.05, 4.69) is 23.2 Å². The zero-order valence-corrected chi connectivity index (χ0v) is 15.7. The van der Waals surface area contributed by atoms with Gasteiger partial charge in [0.25, 0.3) is 0 Å². The summed E-state index contributed by atoms with van der Waals surface area (Å²) in [6, 6.07) is 2.44. The summed E-state index contributed by atoms with van der Waals surface area (Å²) in [5.41, 5.74) is 7.48. The van der Waals surface area contributed by atoms with Crippen LogP contribution in [0, 0.1) is 6.92 Å². The maximum Gasteiger partial charge on any atom is 0.328 e. The molecule has 0 saturated carbocycles. The van der Waals surface area contributed by atoms with Gasteiger partial charge in [-0.3, -0.25) is 0 Å². The largest absolute Gasteiger partial charge is 0.478 e. The zero-order chi connectivity index (χ0) is 19.8. The highest BCUT2D eigenvalue weighted by Crippen LogP contribution is 2.35. The van der Waals surface area contributed by atoms with Crippen molar-refractivity contribution in [3.63, 3.8) is 0 Å². The van der Waals surface area contributed by atoms with Crippen LogP contribution in [0.25, 0.3) is 0 Å². The lowest BCUT2D eigenvalue weighted by Crippen LogP contribution is -2.33. The van der Waals surface area contributed by atoms with Crippen molar-refractivity contribution in [3.05, 3.63) is 40.5 Å². The Morgan fingerprint density at radius 3 is 2.41 bits per heavy atom. The van der Waals surface area contributed by atoms with E-state index in [0.29, 0.717) is 12.2 Å². The first kappa shape index (κ1) is 20.9. The Bertz CT molecular complexity index is 699. The second-order valence-corrected chi connectivity index (χ2v) is 6.72. The molecule has 4 N–H and O–H groups in total. The number of aliphatic hydroxyl groups excluding tert-OH is 1. The second-order valence-electron chi connectivity index (χ2n) is 6.72. The van der Waals surface area contributed by atoms with Crippen molar-refractivity contribution in [2.75, 3.05) is 37.7 Å². The van der Waals surface area contributed by atoms with Crippen molar-refractivity contribution < 1.29 is 24.9 Å². The number of rotatable bonds is 4. The molecule has 27 heavy (non-hydrogen) atoms. The molecule has 0 bridgehead atoms. The molecule has 0 saturated heterocycles. The summed E-state index contributed by atoms with van der Waals surface area (Å²) in [5, 5.41) is 28.4. The van der Waals surface area contributed by atoms with Gasteiger partial charge in [0.1, 0.15) is 0 Å². The molecule has 0 unspecified atom stereocenters. The lowest BCUT2D eigenvalue weighted by molar-refractivity contribution is -0.134. The fourth-order valence-electron chi connectivity index (χ4n) is 3.81. The maximum atomic E-state index is 9.55. The Hall–Kier alpha value is -2.38. The Morgan fingerprint density at radius 1 is 1.11 bits per heavy atom. The van der Waals surface area contributed by atoms with E-state index in [9.17, 15) is 14.7 Å². The predicted molar refractivity (Wildman–Crippen MR) is 103 cm³/mol. The number of carboxylic acids is 2. The number of aryl methyl sites for hydroxylation is 1. The maximum absolute atomic E-state index is 9.55. The molecule has 0 aliphatic carbocycles. The molecule has 7 nitrogen and oxygen atoms in total. The third kappa shape index (κ3) is 5.80. The van der Waals surface area contributed by atoms with E-state index >= 15 is 0 Å². The van der Waals surface area contributed by atoms with Crippen LogP contribution in [0.3, 0.4) is 0 Å². The fourth-order valence-corrected chi connectivity index (χ4v) is 3.81. The first-order valence-corrected chi connectivity index (χ1v) is 9.28. The van der Waals surface area contributed by atoms with E-state index in [1.54, 1.807) is 11.1 Å². The summed E-state index contributed by atoms with van der Waals surface area (Å²) < 4.78 is 0. The van der Waals surface area contributed by atoms with Gasteiger partial charge in [0.15, 0.2) is 0 Å². The van der Waals surface area contributed by atoms with Gasteiger partial charge < -0.3 is 25.5 Å². The summed E-state index contributed by atoms with van der Waals surface area (Å²) in [6.45, 7) is 6.57. The number of carboxylic acid groups (broad SMARTS) is 2. The Kier molecular flexibility index (Phi) is 7.82. The minimum atomic E-state index is -1.26. The highest BCUT2D eigenvalue weighted by atomic mass is 16.4. The highest BCUT2D eigenvalue weighted by Gasteiger charge is 2.23. The average Bonchev–Trinajstić information content (AvgIpc) is 2.87. The summed E-state index contributed by atoms with van der Waals surface area (Å²) in [6.07, 6.45) is 5.82. The molecule has 7 heteroatoms. The number of benzene rings is 1. The topological polar surface area (TPSA) is 110 Å². The standard InChI is InChI=1S/C16H24N2O.C4H4O4/c1-12-15-5-7-17-6-4-13(15)11-14-3-2-8-18(9-10-19)16(12)14;5-3(6)1-2-4(7)8/h11,17,19H,2-10H2,1H3;1-2H,(H,5,6)(H,7,8)/b;2-1+. The summed E-state index contributed by atoms with van der Waals surface area (Å²) in [7, 11) is 0. The highest BCUT2D eigenvalue weighted by molar-refractivity contribution is 5.89. The van der Waals surface area contributed by atoms with Crippen LogP contribution in [-0.4, -0.2) is 60.0 Å². The minimum Gasteiger partial charge on any atom is -0.478 e. The first-order chi connectivity index (χ1) is 12.9. The van der Waals surface area contributed by atoms with Crippen LogP contribution in [0.4, 0.5) is 5.69 Å². The quantitative estimate of drug-likeness (QED) is 0.583. The number of fused-ring (bicyclic) bond motifs is 2. The van der Waals surface area contributed by atoms with E-state index in [4.69, 9.17) is 10.2 Å². The van der Waals surface area contributed by atoms with Gasteiger partial charge in [-0.2, -0.15) is 0 Å². The Balaban J connectivity index is 0.000000279. The van der Waals surface area contributed by atoms with E-state index < -0.39 is 11.9 Å². The molecule has 2 aliphatic rings. The molecule has 0 aromatic heterocycles. The first-order valence-electron chi connectivity index (χ1n) is 9.28. The monoisotopic (exact) mass is 376 g/mol. The number of nitrogens with zero attached hydrogens (tertiary/aromatic N) is 1. The lowest BCUT2D eigenvalue weighted by atomic mass is 9.89. The summed E-state index contributed by atoms with van der Waals surface area (Å²) in [4.78, 5) is 21.5. The van der Waals surface area contributed by atoms with Crippen LogP contribution in [0.1, 0.15) is 28.7 Å². The van der Waals surface area contributed by atoms with Gasteiger partial charge >= 0.3 is 11.9 Å². The number of hydrogen-bond donors (Lipinski definition) is 4. The minimum absolute atomic E-state index is 0.248. The molecule has 0 radical (unpaired) electrons. The van der Waals surface area contributed by atoms with Gasteiger partial charge in [-0.25, -0.2) is 9.59 Å². The third-order valence-corrected chi connectivity index (χ3v) is 4.90. The molecular formula is C20H28N2O5.